The fourth-order valence-electron chi connectivity index (χ4n) is 3.59. The van der Waals surface area contributed by atoms with E-state index in [1.807, 2.05) is 18.2 Å². The second-order valence-corrected chi connectivity index (χ2v) is 6.66. The zero-order chi connectivity index (χ0) is 15.4. The Hall–Kier alpha value is -1.57. The fraction of sp³-hybridized carbons (Fsp3) is 0.500. The van der Waals surface area contributed by atoms with Gasteiger partial charge in [0.15, 0.2) is 5.11 Å². The Morgan fingerprint density at radius 3 is 2.82 bits per heavy atom. The molecule has 3 aliphatic rings. The van der Waals surface area contributed by atoms with Gasteiger partial charge in [0.2, 0.25) is 0 Å². The average molecular weight is 313 g/mol. The van der Waals surface area contributed by atoms with Gasteiger partial charge in [-0.3, -0.25) is 4.90 Å². The molecule has 2 bridgehead atoms. The summed E-state index contributed by atoms with van der Waals surface area (Å²) in [7, 11) is 0. The van der Waals surface area contributed by atoms with Crippen LogP contribution in [-0.2, 0) is 6.54 Å². The molecule has 4 atom stereocenters. The Morgan fingerprint density at radius 2 is 2.14 bits per heavy atom. The van der Waals surface area contributed by atoms with E-state index in [2.05, 4.69) is 33.6 Å². The maximum absolute atomic E-state index is 5.63. The van der Waals surface area contributed by atoms with Crippen molar-refractivity contribution in [3.8, 4) is 12.3 Å². The molecule has 0 aliphatic carbocycles. The molecule has 0 amide bonds. The van der Waals surface area contributed by atoms with E-state index in [9.17, 15) is 0 Å². The minimum absolute atomic E-state index is 0.452. The van der Waals surface area contributed by atoms with Crippen molar-refractivity contribution in [2.75, 3.05) is 19.6 Å². The van der Waals surface area contributed by atoms with Crippen LogP contribution >= 0.6 is 12.2 Å². The number of nitrogens with zero attached hydrogens (tertiary/aromatic N) is 1. The summed E-state index contributed by atoms with van der Waals surface area (Å²) < 4.78 is 0. The molecular weight excluding hydrogens is 290 g/mol. The topological polar surface area (TPSA) is 27.3 Å². The molecule has 1 unspecified atom stereocenters. The highest BCUT2D eigenvalue weighted by molar-refractivity contribution is 7.80. The van der Waals surface area contributed by atoms with E-state index in [1.54, 1.807) is 0 Å². The summed E-state index contributed by atoms with van der Waals surface area (Å²) in [5, 5.41) is 7.38. The molecule has 3 saturated heterocycles. The molecular formula is C18H23N3S. The molecule has 22 heavy (non-hydrogen) atoms. The summed E-state index contributed by atoms with van der Waals surface area (Å²) in [4.78, 5) is 2.53. The first-order chi connectivity index (χ1) is 10.8. The third-order valence-corrected chi connectivity index (χ3v) is 5.18. The molecule has 3 aliphatic heterocycles. The van der Waals surface area contributed by atoms with Crippen LogP contribution in [0.15, 0.2) is 30.3 Å². The Kier molecular flexibility index (Phi) is 4.97. The van der Waals surface area contributed by atoms with Gasteiger partial charge in [0.05, 0.1) is 0 Å². The van der Waals surface area contributed by atoms with Crippen LogP contribution in [0, 0.1) is 24.2 Å². The highest BCUT2D eigenvalue weighted by Gasteiger charge is 2.38. The Balaban J connectivity index is 1.42. The number of fused-ring (bicyclic) bond motifs is 3. The van der Waals surface area contributed by atoms with E-state index < -0.39 is 0 Å². The predicted octanol–water partition coefficient (Wildman–Crippen LogP) is 1.99. The van der Waals surface area contributed by atoms with E-state index >= 15 is 0 Å². The first-order valence-corrected chi connectivity index (χ1v) is 8.43. The van der Waals surface area contributed by atoms with Crippen molar-refractivity contribution in [3.05, 3.63) is 35.9 Å². The number of piperidine rings is 3. The molecule has 2 N–H and O–H groups in total. The monoisotopic (exact) mass is 313 g/mol. The van der Waals surface area contributed by atoms with Gasteiger partial charge in [-0.05, 0) is 43.1 Å². The van der Waals surface area contributed by atoms with Crippen LogP contribution in [-0.4, -0.2) is 35.7 Å². The number of benzene rings is 1. The molecule has 4 rings (SSSR count). The number of rotatable bonds is 4. The lowest BCUT2D eigenvalue weighted by Gasteiger charge is -2.48. The van der Waals surface area contributed by atoms with Gasteiger partial charge in [-0.15, -0.1) is 12.3 Å². The summed E-state index contributed by atoms with van der Waals surface area (Å²) in [5.41, 5.74) is 1.24. The summed E-state index contributed by atoms with van der Waals surface area (Å²) in [5.74, 6) is 4.11. The van der Waals surface area contributed by atoms with Crippen LogP contribution < -0.4 is 10.6 Å². The Bertz CT molecular complexity index is 551. The van der Waals surface area contributed by atoms with E-state index in [0.29, 0.717) is 17.9 Å². The molecule has 1 aromatic carbocycles. The van der Waals surface area contributed by atoms with Gasteiger partial charge in [0, 0.05) is 31.6 Å². The van der Waals surface area contributed by atoms with Crippen molar-refractivity contribution in [1.82, 2.24) is 15.5 Å². The van der Waals surface area contributed by atoms with E-state index in [1.165, 1.54) is 24.9 Å². The molecule has 0 aromatic heterocycles. The van der Waals surface area contributed by atoms with Crippen molar-refractivity contribution in [3.63, 3.8) is 0 Å². The molecule has 116 valence electrons. The van der Waals surface area contributed by atoms with Crippen LogP contribution in [0.2, 0.25) is 0 Å². The van der Waals surface area contributed by atoms with Gasteiger partial charge in [0.1, 0.15) is 0 Å². The number of hydrogen-bond donors (Lipinski definition) is 2. The Labute approximate surface area is 138 Å². The third kappa shape index (κ3) is 3.60. The minimum atomic E-state index is 0.452. The van der Waals surface area contributed by atoms with Crippen LogP contribution in [0.5, 0.6) is 0 Å². The highest BCUT2D eigenvalue weighted by atomic mass is 32.1. The molecule has 3 nitrogen and oxygen atoms in total. The van der Waals surface area contributed by atoms with Gasteiger partial charge >= 0.3 is 0 Å². The molecule has 0 saturated carbocycles. The van der Waals surface area contributed by atoms with Crippen molar-refractivity contribution in [1.29, 1.82) is 0 Å². The SMILES string of the molecule is C#C[C@@H]1CN2CC[C@H]1C[C@@H]2CNC(=S)NCc1ccccc1. The van der Waals surface area contributed by atoms with Crippen molar-refractivity contribution in [2.24, 2.45) is 11.8 Å². The second kappa shape index (κ2) is 7.13. The van der Waals surface area contributed by atoms with Crippen molar-refractivity contribution >= 4 is 17.3 Å². The standard InChI is InChI=1S/C18H23N3S/c1-2-15-13-21-9-8-16(15)10-17(21)12-20-18(22)19-11-14-6-4-3-5-7-14/h1,3-7,15-17H,8-13H2,(H2,19,20,22)/t15-,16+,17-/m1/s1. The van der Waals surface area contributed by atoms with E-state index in [-0.39, 0.29) is 0 Å². The predicted molar refractivity (Wildman–Crippen MR) is 94.3 cm³/mol. The summed E-state index contributed by atoms with van der Waals surface area (Å²) >= 11 is 5.38. The van der Waals surface area contributed by atoms with E-state index in [0.717, 1.165) is 24.7 Å². The molecule has 0 spiro atoms. The quantitative estimate of drug-likeness (QED) is 0.657. The van der Waals surface area contributed by atoms with Crippen LogP contribution in [0.4, 0.5) is 0 Å². The minimum Gasteiger partial charge on any atom is -0.361 e. The van der Waals surface area contributed by atoms with Crippen LogP contribution in [0.3, 0.4) is 0 Å². The first kappa shape index (κ1) is 15.3. The largest absolute Gasteiger partial charge is 0.361 e. The van der Waals surface area contributed by atoms with E-state index in [4.69, 9.17) is 18.6 Å². The average Bonchev–Trinajstić information content (AvgIpc) is 2.59. The maximum atomic E-state index is 5.63. The van der Waals surface area contributed by atoms with Crippen molar-refractivity contribution < 1.29 is 0 Å². The normalized spacial score (nSPS) is 29.6. The first-order valence-electron chi connectivity index (χ1n) is 8.02. The molecule has 3 fully saturated rings. The third-order valence-electron chi connectivity index (χ3n) is 4.89. The summed E-state index contributed by atoms with van der Waals surface area (Å²) in [6.07, 6.45) is 8.08. The molecule has 0 radical (unpaired) electrons. The van der Waals surface area contributed by atoms with Gasteiger partial charge in [-0.25, -0.2) is 0 Å². The summed E-state index contributed by atoms with van der Waals surface area (Å²) in [6.45, 7) is 3.91. The number of hydrogen-bond acceptors (Lipinski definition) is 2. The fourth-order valence-corrected chi connectivity index (χ4v) is 3.75. The van der Waals surface area contributed by atoms with Gasteiger partial charge in [-0.2, -0.15) is 0 Å². The highest BCUT2D eigenvalue weighted by Crippen LogP contribution is 2.35. The number of thiocarbonyl (C=S) groups is 1. The maximum Gasteiger partial charge on any atom is 0.166 e. The van der Waals surface area contributed by atoms with Gasteiger partial charge < -0.3 is 10.6 Å². The van der Waals surface area contributed by atoms with Crippen LogP contribution in [0.1, 0.15) is 18.4 Å². The zero-order valence-electron chi connectivity index (χ0n) is 12.8. The van der Waals surface area contributed by atoms with Gasteiger partial charge in [0.25, 0.3) is 0 Å². The number of terminal acetylenes is 1. The Morgan fingerprint density at radius 1 is 1.32 bits per heavy atom. The van der Waals surface area contributed by atoms with Crippen molar-refractivity contribution in [2.45, 2.75) is 25.4 Å². The lowest BCUT2D eigenvalue weighted by molar-refractivity contribution is 0.0248. The molecule has 3 heterocycles. The second-order valence-electron chi connectivity index (χ2n) is 6.26. The molecule has 1 aromatic rings. The smallest absolute Gasteiger partial charge is 0.166 e. The summed E-state index contributed by atoms with van der Waals surface area (Å²) in [6, 6.07) is 10.9. The number of nitrogens with one attached hydrogen (secondary N) is 2. The zero-order valence-corrected chi connectivity index (χ0v) is 13.6. The van der Waals surface area contributed by atoms with Gasteiger partial charge in [-0.1, -0.05) is 30.3 Å². The van der Waals surface area contributed by atoms with Crippen LogP contribution in [0.25, 0.3) is 0 Å². The lowest BCUT2D eigenvalue weighted by atomic mass is 9.76. The lowest BCUT2D eigenvalue weighted by Crippen LogP contribution is -2.57. The molecule has 4 heteroatoms.